The van der Waals surface area contributed by atoms with E-state index in [1.165, 1.54) is 11.3 Å². The van der Waals surface area contributed by atoms with Crippen LogP contribution >= 0.6 is 0 Å². The Morgan fingerprint density at radius 2 is 1.93 bits per heavy atom. The van der Waals surface area contributed by atoms with Gasteiger partial charge in [-0.1, -0.05) is 17.7 Å². The second-order valence-corrected chi connectivity index (χ2v) is 8.01. The van der Waals surface area contributed by atoms with E-state index < -0.39 is 0 Å². The molecule has 1 aliphatic rings. The molecule has 0 aliphatic carbocycles. The fourth-order valence-electron chi connectivity index (χ4n) is 4.30. The predicted molar refractivity (Wildman–Crippen MR) is 115 cm³/mol. The Bertz CT molecular complexity index is 1010. The second-order valence-electron chi connectivity index (χ2n) is 8.01. The van der Waals surface area contributed by atoms with Gasteiger partial charge in [0, 0.05) is 18.9 Å². The average Bonchev–Trinajstić information content (AvgIpc) is 3.38. The molecule has 0 bridgehead atoms. The van der Waals surface area contributed by atoms with Gasteiger partial charge in [-0.2, -0.15) is 5.10 Å². The van der Waals surface area contributed by atoms with E-state index in [9.17, 15) is 4.79 Å². The van der Waals surface area contributed by atoms with Gasteiger partial charge in [-0.15, -0.1) is 0 Å². The predicted octanol–water partition coefficient (Wildman–Crippen LogP) is 3.91. The van der Waals surface area contributed by atoms with Crippen molar-refractivity contribution < 1.29 is 4.79 Å². The third-order valence-electron chi connectivity index (χ3n) is 5.87. The fraction of sp³-hybridized carbons (Fsp3) is 0.391. The normalized spacial score (nSPS) is 17.0. The van der Waals surface area contributed by atoms with E-state index in [1.807, 2.05) is 18.5 Å². The minimum atomic E-state index is 0.0146. The van der Waals surface area contributed by atoms with Gasteiger partial charge in [0.1, 0.15) is 0 Å². The summed E-state index contributed by atoms with van der Waals surface area (Å²) in [6.07, 6.45) is 4.28. The molecule has 0 saturated carbocycles. The third kappa shape index (κ3) is 3.85. The van der Waals surface area contributed by atoms with Gasteiger partial charge >= 0.3 is 0 Å². The largest absolute Gasteiger partial charge is 0.353 e. The van der Waals surface area contributed by atoms with Crippen LogP contribution in [0.4, 0.5) is 5.69 Å². The monoisotopic (exact) mass is 391 g/mol. The minimum Gasteiger partial charge on any atom is -0.353 e. The molecule has 3 aromatic rings. The van der Waals surface area contributed by atoms with Crippen LogP contribution in [0.3, 0.4) is 0 Å². The van der Waals surface area contributed by atoms with Gasteiger partial charge in [0.2, 0.25) is 5.91 Å². The SMILES string of the molecule is Cc1ccc(-n2nc(C)c(NC(=O)CN3CCC[C@H]3c3cccn3C)c2C)cc1. The maximum Gasteiger partial charge on any atom is 0.238 e. The number of nitrogens with zero attached hydrogens (tertiary/aromatic N) is 4. The molecule has 1 saturated heterocycles. The molecule has 0 unspecified atom stereocenters. The summed E-state index contributed by atoms with van der Waals surface area (Å²) in [5.74, 6) is 0.0146. The summed E-state index contributed by atoms with van der Waals surface area (Å²) in [6.45, 7) is 7.35. The molecule has 4 rings (SSSR count). The number of benzene rings is 1. The molecule has 6 heteroatoms. The van der Waals surface area contributed by atoms with Gasteiger partial charge in [-0.25, -0.2) is 4.68 Å². The van der Waals surface area contributed by atoms with Crippen molar-refractivity contribution >= 4 is 11.6 Å². The van der Waals surface area contributed by atoms with Crippen molar-refractivity contribution in [1.82, 2.24) is 19.2 Å². The summed E-state index contributed by atoms with van der Waals surface area (Å²) in [5, 5.41) is 7.76. The van der Waals surface area contributed by atoms with E-state index in [2.05, 4.69) is 76.4 Å². The van der Waals surface area contributed by atoms with E-state index in [0.717, 1.165) is 42.1 Å². The molecule has 1 aliphatic heterocycles. The zero-order valence-corrected chi connectivity index (χ0v) is 17.6. The summed E-state index contributed by atoms with van der Waals surface area (Å²) >= 11 is 0. The van der Waals surface area contributed by atoms with E-state index in [1.54, 1.807) is 0 Å². The molecule has 1 fully saturated rings. The number of carbonyl (C=O) groups excluding carboxylic acids is 1. The van der Waals surface area contributed by atoms with Crippen LogP contribution in [0.5, 0.6) is 0 Å². The molecule has 3 heterocycles. The first-order chi connectivity index (χ1) is 13.9. The number of anilines is 1. The highest BCUT2D eigenvalue weighted by Gasteiger charge is 2.29. The number of aryl methyl sites for hydroxylation is 3. The Balaban J connectivity index is 1.49. The van der Waals surface area contributed by atoms with Gasteiger partial charge in [0.05, 0.1) is 35.3 Å². The maximum atomic E-state index is 12.9. The van der Waals surface area contributed by atoms with Crippen LogP contribution in [0.25, 0.3) is 5.69 Å². The van der Waals surface area contributed by atoms with Gasteiger partial charge in [-0.05, 0) is 64.4 Å². The van der Waals surface area contributed by atoms with Crippen molar-refractivity contribution in [3.05, 3.63) is 65.2 Å². The number of amides is 1. The zero-order chi connectivity index (χ0) is 20.5. The summed E-state index contributed by atoms with van der Waals surface area (Å²) in [5.41, 5.74) is 6.07. The second kappa shape index (κ2) is 7.87. The van der Waals surface area contributed by atoms with Crippen molar-refractivity contribution in [2.24, 2.45) is 7.05 Å². The van der Waals surface area contributed by atoms with Crippen LogP contribution in [0.1, 0.15) is 41.5 Å². The van der Waals surface area contributed by atoms with Gasteiger partial charge < -0.3 is 9.88 Å². The van der Waals surface area contributed by atoms with E-state index in [4.69, 9.17) is 0 Å². The highest BCUT2D eigenvalue weighted by molar-refractivity contribution is 5.93. The van der Waals surface area contributed by atoms with Crippen molar-refractivity contribution in [1.29, 1.82) is 0 Å². The molecule has 0 radical (unpaired) electrons. The highest BCUT2D eigenvalue weighted by Crippen LogP contribution is 2.31. The lowest BCUT2D eigenvalue weighted by Crippen LogP contribution is -2.33. The number of rotatable bonds is 5. The highest BCUT2D eigenvalue weighted by atomic mass is 16.2. The molecule has 1 N–H and O–H groups in total. The van der Waals surface area contributed by atoms with Crippen molar-refractivity contribution in [3.8, 4) is 5.69 Å². The van der Waals surface area contributed by atoms with Crippen LogP contribution in [0.15, 0.2) is 42.6 Å². The van der Waals surface area contributed by atoms with Crippen LogP contribution in [-0.4, -0.2) is 38.2 Å². The van der Waals surface area contributed by atoms with Crippen LogP contribution in [0.2, 0.25) is 0 Å². The lowest BCUT2D eigenvalue weighted by molar-refractivity contribution is -0.117. The molecule has 152 valence electrons. The molecular formula is C23H29N5O. The van der Waals surface area contributed by atoms with Crippen LogP contribution in [0, 0.1) is 20.8 Å². The molecule has 1 atom stereocenters. The molecular weight excluding hydrogens is 362 g/mol. The Hall–Kier alpha value is -2.86. The lowest BCUT2D eigenvalue weighted by atomic mass is 10.1. The first kappa shape index (κ1) is 19.5. The van der Waals surface area contributed by atoms with Gasteiger partial charge in [-0.3, -0.25) is 9.69 Å². The van der Waals surface area contributed by atoms with Gasteiger partial charge in [0.15, 0.2) is 0 Å². The van der Waals surface area contributed by atoms with E-state index >= 15 is 0 Å². The fourth-order valence-corrected chi connectivity index (χ4v) is 4.30. The number of carbonyl (C=O) groups is 1. The summed E-state index contributed by atoms with van der Waals surface area (Å²) < 4.78 is 4.05. The first-order valence-electron chi connectivity index (χ1n) is 10.2. The Morgan fingerprint density at radius 3 is 2.62 bits per heavy atom. The number of likely N-dealkylation sites (tertiary alicyclic amines) is 1. The number of nitrogens with one attached hydrogen (secondary N) is 1. The van der Waals surface area contributed by atoms with Crippen molar-refractivity contribution in [2.45, 2.75) is 39.7 Å². The standard InChI is InChI=1S/C23H29N5O/c1-16-9-11-19(12-10-16)28-18(3)23(17(2)25-28)24-22(29)15-27-14-6-8-21(27)20-7-5-13-26(20)4/h5,7,9-13,21H,6,8,14-15H2,1-4H3,(H,24,29)/t21-/m0/s1. The summed E-state index contributed by atoms with van der Waals surface area (Å²) in [6, 6.07) is 12.8. The number of aromatic nitrogens is 3. The smallest absolute Gasteiger partial charge is 0.238 e. The Kier molecular flexibility index (Phi) is 5.28. The average molecular weight is 392 g/mol. The molecule has 6 nitrogen and oxygen atoms in total. The topological polar surface area (TPSA) is 55.1 Å². The quantitative estimate of drug-likeness (QED) is 0.717. The molecule has 1 amide bonds. The summed E-state index contributed by atoms with van der Waals surface area (Å²) in [4.78, 5) is 15.1. The van der Waals surface area contributed by atoms with Crippen molar-refractivity contribution in [3.63, 3.8) is 0 Å². The Morgan fingerprint density at radius 1 is 1.17 bits per heavy atom. The first-order valence-corrected chi connectivity index (χ1v) is 10.2. The molecule has 2 aromatic heterocycles. The lowest BCUT2D eigenvalue weighted by Gasteiger charge is -2.24. The van der Waals surface area contributed by atoms with Crippen LogP contribution < -0.4 is 5.32 Å². The molecule has 29 heavy (non-hydrogen) atoms. The maximum absolute atomic E-state index is 12.9. The molecule has 0 spiro atoms. The summed E-state index contributed by atoms with van der Waals surface area (Å²) in [7, 11) is 2.07. The number of hydrogen-bond donors (Lipinski definition) is 1. The Labute approximate surface area is 172 Å². The number of hydrogen-bond acceptors (Lipinski definition) is 3. The van der Waals surface area contributed by atoms with Crippen molar-refractivity contribution in [2.75, 3.05) is 18.4 Å². The zero-order valence-electron chi connectivity index (χ0n) is 17.6. The van der Waals surface area contributed by atoms with E-state index in [-0.39, 0.29) is 5.91 Å². The third-order valence-corrected chi connectivity index (χ3v) is 5.87. The molecule has 1 aromatic carbocycles. The van der Waals surface area contributed by atoms with Gasteiger partial charge in [0.25, 0.3) is 0 Å². The van der Waals surface area contributed by atoms with E-state index in [0.29, 0.717) is 12.6 Å². The minimum absolute atomic E-state index is 0.0146. The van der Waals surface area contributed by atoms with Crippen LogP contribution in [-0.2, 0) is 11.8 Å².